The number of anilines is 1. The Kier molecular flexibility index (Phi) is 3.63. The molecule has 3 rings (SSSR count). The fourth-order valence-corrected chi connectivity index (χ4v) is 2.72. The van der Waals surface area contributed by atoms with Crippen LogP contribution in [0.4, 0.5) is 5.82 Å². The maximum absolute atomic E-state index is 5.47. The lowest BCUT2D eigenvalue weighted by Gasteiger charge is -2.24. The van der Waals surface area contributed by atoms with Crippen molar-refractivity contribution in [3.05, 3.63) is 36.4 Å². The number of hydrazine groups is 1. The smallest absolute Gasteiger partial charge is 0.162 e. The first-order valence-electron chi connectivity index (χ1n) is 6.00. The molecule has 1 fully saturated rings. The van der Waals surface area contributed by atoms with Crippen molar-refractivity contribution in [2.45, 2.75) is 10.3 Å². The number of aromatic nitrogens is 2. The maximum Gasteiger partial charge on any atom is 0.162 e. The predicted molar refractivity (Wildman–Crippen MR) is 75.7 cm³/mol. The average Bonchev–Trinajstić information content (AvgIpc) is 2.43. The minimum atomic E-state index is 0.476. The largest absolute Gasteiger partial charge is 0.379 e. The number of rotatable bonds is 4. The molecule has 3 N–H and O–H groups in total. The normalized spacial score (nSPS) is 15.0. The average molecular weight is 274 g/mol. The van der Waals surface area contributed by atoms with E-state index in [4.69, 9.17) is 10.6 Å². The summed E-state index contributed by atoms with van der Waals surface area (Å²) in [6.07, 6.45) is 0. The van der Waals surface area contributed by atoms with Gasteiger partial charge in [-0.3, -0.25) is 0 Å². The van der Waals surface area contributed by atoms with E-state index < -0.39 is 0 Å². The van der Waals surface area contributed by atoms with E-state index in [1.807, 2.05) is 36.4 Å². The Balaban J connectivity index is 1.92. The molecule has 1 aliphatic heterocycles. The summed E-state index contributed by atoms with van der Waals surface area (Å²) in [6.45, 7) is 1.56. The van der Waals surface area contributed by atoms with Gasteiger partial charge in [-0.05, 0) is 0 Å². The van der Waals surface area contributed by atoms with Crippen LogP contribution < -0.4 is 11.3 Å². The second-order valence-corrected chi connectivity index (χ2v) is 5.52. The third-order valence-corrected chi connectivity index (χ3v) is 3.83. The zero-order valence-electron chi connectivity index (χ0n) is 10.2. The van der Waals surface area contributed by atoms with Crippen LogP contribution in [0.15, 0.2) is 41.4 Å². The quantitative estimate of drug-likeness (QED) is 0.504. The van der Waals surface area contributed by atoms with E-state index in [0.717, 1.165) is 23.8 Å². The molecule has 0 atom stereocenters. The van der Waals surface area contributed by atoms with Crippen molar-refractivity contribution < 1.29 is 4.74 Å². The Hall–Kier alpha value is -1.63. The van der Waals surface area contributed by atoms with Crippen LogP contribution in [0, 0.1) is 0 Å². The van der Waals surface area contributed by atoms with Crippen molar-refractivity contribution in [1.29, 1.82) is 0 Å². The lowest BCUT2D eigenvalue weighted by atomic mass is 10.2. The van der Waals surface area contributed by atoms with Crippen LogP contribution in [0.3, 0.4) is 0 Å². The van der Waals surface area contributed by atoms with E-state index in [1.54, 1.807) is 11.8 Å². The summed E-state index contributed by atoms with van der Waals surface area (Å²) in [5.41, 5.74) is 3.57. The van der Waals surface area contributed by atoms with Crippen molar-refractivity contribution in [2.75, 3.05) is 18.6 Å². The topological polar surface area (TPSA) is 73.1 Å². The van der Waals surface area contributed by atoms with Crippen LogP contribution >= 0.6 is 11.8 Å². The minimum absolute atomic E-state index is 0.476. The Morgan fingerprint density at radius 1 is 1.21 bits per heavy atom. The molecule has 1 aromatic carbocycles. The van der Waals surface area contributed by atoms with Crippen LogP contribution in [0.5, 0.6) is 0 Å². The third kappa shape index (κ3) is 2.86. The van der Waals surface area contributed by atoms with Gasteiger partial charge in [0.2, 0.25) is 0 Å². The van der Waals surface area contributed by atoms with Crippen molar-refractivity contribution >= 4 is 17.6 Å². The molecule has 2 aromatic rings. The number of nitrogens with zero attached hydrogens (tertiary/aromatic N) is 2. The fraction of sp³-hybridized carbons (Fsp3) is 0.231. The number of nitrogens with one attached hydrogen (secondary N) is 1. The van der Waals surface area contributed by atoms with Gasteiger partial charge in [0.05, 0.1) is 18.5 Å². The summed E-state index contributed by atoms with van der Waals surface area (Å²) >= 11 is 1.70. The molecule has 0 spiro atoms. The molecular formula is C13H14N4OS. The van der Waals surface area contributed by atoms with Gasteiger partial charge >= 0.3 is 0 Å². The molecule has 2 heterocycles. The van der Waals surface area contributed by atoms with Crippen molar-refractivity contribution in [3.8, 4) is 11.4 Å². The van der Waals surface area contributed by atoms with Crippen molar-refractivity contribution in [1.82, 2.24) is 9.97 Å². The summed E-state index contributed by atoms with van der Waals surface area (Å²) < 4.78 is 5.17. The van der Waals surface area contributed by atoms with Gasteiger partial charge in [0, 0.05) is 11.6 Å². The molecule has 5 nitrogen and oxygen atoms in total. The highest BCUT2D eigenvalue weighted by molar-refractivity contribution is 8.00. The van der Waals surface area contributed by atoms with Crippen LogP contribution in [0.1, 0.15) is 0 Å². The minimum Gasteiger partial charge on any atom is -0.379 e. The molecule has 0 saturated carbocycles. The molecular weight excluding hydrogens is 260 g/mol. The summed E-state index contributed by atoms with van der Waals surface area (Å²) in [4.78, 5) is 8.96. The standard InChI is InChI=1S/C13H14N4OS/c14-17-11-6-12(19-10-7-18-8-10)16-13(15-11)9-4-2-1-3-5-9/h1-6,10H,7-8,14H2,(H,15,16,17). The van der Waals surface area contributed by atoms with E-state index >= 15 is 0 Å². The van der Waals surface area contributed by atoms with Gasteiger partial charge in [0.1, 0.15) is 10.8 Å². The van der Waals surface area contributed by atoms with Gasteiger partial charge in [-0.1, -0.05) is 42.1 Å². The van der Waals surface area contributed by atoms with Gasteiger partial charge < -0.3 is 10.2 Å². The Labute approximate surface area is 115 Å². The first-order valence-corrected chi connectivity index (χ1v) is 6.88. The van der Waals surface area contributed by atoms with Gasteiger partial charge in [-0.15, -0.1) is 0 Å². The van der Waals surface area contributed by atoms with Gasteiger partial charge in [0.25, 0.3) is 0 Å². The molecule has 0 aliphatic carbocycles. The number of ether oxygens (including phenoxy) is 1. The molecule has 98 valence electrons. The van der Waals surface area contributed by atoms with Crippen LogP contribution in [-0.4, -0.2) is 28.4 Å². The van der Waals surface area contributed by atoms with Gasteiger partial charge in [-0.2, -0.15) is 0 Å². The van der Waals surface area contributed by atoms with Crippen LogP contribution in [0.25, 0.3) is 11.4 Å². The Morgan fingerprint density at radius 3 is 2.63 bits per heavy atom. The lowest BCUT2D eigenvalue weighted by molar-refractivity contribution is 0.0454. The highest BCUT2D eigenvalue weighted by Gasteiger charge is 2.21. The molecule has 1 saturated heterocycles. The SMILES string of the molecule is NNc1cc(SC2COC2)nc(-c2ccccc2)n1. The fourth-order valence-electron chi connectivity index (χ4n) is 1.73. The van der Waals surface area contributed by atoms with Crippen molar-refractivity contribution in [2.24, 2.45) is 5.84 Å². The number of thioether (sulfide) groups is 1. The summed E-state index contributed by atoms with van der Waals surface area (Å²) in [6, 6.07) is 11.7. The van der Waals surface area contributed by atoms with E-state index in [9.17, 15) is 0 Å². The first-order chi connectivity index (χ1) is 9.35. The monoisotopic (exact) mass is 274 g/mol. The molecule has 0 unspecified atom stereocenters. The predicted octanol–water partition coefficient (Wildman–Crippen LogP) is 1.92. The highest BCUT2D eigenvalue weighted by Crippen LogP contribution is 2.29. The number of benzene rings is 1. The third-order valence-electron chi connectivity index (χ3n) is 2.78. The number of hydrogen-bond donors (Lipinski definition) is 2. The van der Waals surface area contributed by atoms with E-state index in [-0.39, 0.29) is 0 Å². The molecule has 1 aromatic heterocycles. The molecule has 0 amide bonds. The van der Waals surface area contributed by atoms with Gasteiger partial charge in [0.15, 0.2) is 5.82 Å². The zero-order chi connectivity index (χ0) is 13.1. The van der Waals surface area contributed by atoms with Gasteiger partial charge in [-0.25, -0.2) is 15.8 Å². The van der Waals surface area contributed by atoms with Crippen LogP contribution in [-0.2, 0) is 4.74 Å². The second-order valence-electron chi connectivity index (χ2n) is 4.20. The van der Waals surface area contributed by atoms with E-state index in [1.165, 1.54) is 0 Å². The summed E-state index contributed by atoms with van der Waals surface area (Å²) in [5.74, 6) is 6.77. The molecule has 1 aliphatic rings. The van der Waals surface area contributed by atoms with E-state index in [0.29, 0.717) is 16.9 Å². The number of nitrogens with two attached hydrogens (primary N) is 1. The summed E-state index contributed by atoms with van der Waals surface area (Å²) in [7, 11) is 0. The Morgan fingerprint density at radius 2 is 2.00 bits per heavy atom. The highest BCUT2D eigenvalue weighted by atomic mass is 32.2. The Bertz CT molecular complexity index is 560. The maximum atomic E-state index is 5.47. The zero-order valence-corrected chi connectivity index (χ0v) is 11.1. The lowest BCUT2D eigenvalue weighted by Crippen LogP contribution is -2.30. The summed E-state index contributed by atoms with van der Waals surface area (Å²) in [5, 5.41) is 1.39. The second kappa shape index (κ2) is 5.56. The molecule has 0 bridgehead atoms. The molecule has 19 heavy (non-hydrogen) atoms. The first kappa shape index (κ1) is 12.4. The molecule has 6 heteroatoms. The van der Waals surface area contributed by atoms with E-state index in [2.05, 4.69) is 15.4 Å². The number of hydrogen-bond acceptors (Lipinski definition) is 6. The van der Waals surface area contributed by atoms with Crippen molar-refractivity contribution in [3.63, 3.8) is 0 Å². The van der Waals surface area contributed by atoms with Crippen LogP contribution in [0.2, 0.25) is 0 Å². The number of nitrogen functional groups attached to an aromatic ring is 1. The molecule has 0 radical (unpaired) electrons.